The molecule has 0 saturated carbocycles. The summed E-state index contributed by atoms with van der Waals surface area (Å²) in [6.45, 7) is 0. The summed E-state index contributed by atoms with van der Waals surface area (Å²) < 4.78 is 7.53. The maximum absolute atomic E-state index is 11.5. The first-order chi connectivity index (χ1) is 7.54. The van der Waals surface area contributed by atoms with Crippen molar-refractivity contribution in [3.8, 4) is 0 Å². The summed E-state index contributed by atoms with van der Waals surface area (Å²) in [5, 5.41) is 1.33. The Kier molecular flexibility index (Phi) is 2.95. The highest BCUT2D eigenvalue weighted by atomic mass is 79.9. The number of carbonyl (C=O) groups is 1. The van der Waals surface area contributed by atoms with Crippen LogP contribution in [-0.4, -0.2) is 17.6 Å². The average molecular weight is 303 g/mol. The molecule has 0 aliphatic heterocycles. The molecular weight excluding hydrogens is 293 g/mol. The lowest BCUT2D eigenvalue weighted by atomic mass is 10.1. The van der Waals surface area contributed by atoms with Crippen molar-refractivity contribution in [3.05, 3.63) is 33.4 Å². The standard InChI is InChI=1S/C11H9BrClNO2/c1-14-5-8(12)6-3-7(11(15)16-2)9(13)4-10(6)14/h3-5H,1-2H3. The van der Waals surface area contributed by atoms with Crippen LogP contribution in [0.1, 0.15) is 10.4 Å². The van der Waals surface area contributed by atoms with Crippen molar-refractivity contribution in [3.63, 3.8) is 0 Å². The molecular formula is C11H9BrClNO2. The van der Waals surface area contributed by atoms with E-state index in [1.165, 1.54) is 7.11 Å². The van der Waals surface area contributed by atoms with Crippen LogP contribution >= 0.6 is 27.5 Å². The zero-order chi connectivity index (χ0) is 11.9. The van der Waals surface area contributed by atoms with Crippen LogP contribution in [0.5, 0.6) is 0 Å². The molecule has 1 aromatic carbocycles. The van der Waals surface area contributed by atoms with E-state index < -0.39 is 5.97 Å². The topological polar surface area (TPSA) is 31.2 Å². The molecule has 3 nitrogen and oxygen atoms in total. The fourth-order valence-corrected chi connectivity index (χ4v) is 2.48. The van der Waals surface area contributed by atoms with Gasteiger partial charge in [0, 0.05) is 23.1 Å². The van der Waals surface area contributed by atoms with E-state index in [2.05, 4.69) is 20.7 Å². The first kappa shape index (κ1) is 11.5. The lowest BCUT2D eigenvalue weighted by Crippen LogP contribution is -2.02. The summed E-state index contributed by atoms with van der Waals surface area (Å²) in [6.07, 6.45) is 1.92. The van der Waals surface area contributed by atoms with Gasteiger partial charge in [0.05, 0.1) is 23.2 Å². The summed E-state index contributed by atoms with van der Waals surface area (Å²) in [6, 6.07) is 3.49. The van der Waals surface area contributed by atoms with Gasteiger partial charge in [-0.05, 0) is 28.1 Å². The summed E-state index contributed by atoms with van der Waals surface area (Å²) >= 11 is 9.46. The number of aryl methyl sites for hydroxylation is 1. The highest BCUT2D eigenvalue weighted by Crippen LogP contribution is 2.30. The van der Waals surface area contributed by atoms with Gasteiger partial charge in [-0.15, -0.1) is 0 Å². The number of ether oxygens (including phenoxy) is 1. The Labute approximate surface area is 106 Å². The van der Waals surface area contributed by atoms with Gasteiger partial charge >= 0.3 is 5.97 Å². The van der Waals surface area contributed by atoms with Gasteiger partial charge in [-0.25, -0.2) is 4.79 Å². The van der Waals surface area contributed by atoms with E-state index in [9.17, 15) is 4.79 Å². The lowest BCUT2D eigenvalue weighted by molar-refractivity contribution is 0.0601. The summed E-state index contributed by atoms with van der Waals surface area (Å²) in [4.78, 5) is 11.5. The Morgan fingerprint density at radius 2 is 2.19 bits per heavy atom. The second kappa shape index (κ2) is 4.11. The van der Waals surface area contributed by atoms with Crippen LogP contribution in [-0.2, 0) is 11.8 Å². The molecule has 16 heavy (non-hydrogen) atoms. The summed E-state index contributed by atoms with van der Waals surface area (Å²) in [7, 11) is 3.25. The van der Waals surface area contributed by atoms with E-state index in [1.807, 2.05) is 17.8 Å². The number of rotatable bonds is 1. The lowest BCUT2D eigenvalue weighted by Gasteiger charge is -2.03. The number of fused-ring (bicyclic) bond motifs is 1. The minimum atomic E-state index is -0.428. The number of esters is 1. The van der Waals surface area contributed by atoms with Gasteiger partial charge in [0.2, 0.25) is 0 Å². The fourth-order valence-electron chi connectivity index (χ4n) is 1.62. The van der Waals surface area contributed by atoms with Gasteiger partial charge in [0.25, 0.3) is 0 Å². The molecule has 5 heteroatoms. The molecule has 2 aromatic rings. The predicted octanol–water partition coefficient (Wildman–Crippen LogP) is 3.38. The van der Waals surface area contributed by atoms with Crippen molar-refractivity contribution in [2.24, 2.45) is 7.05 Å². The third-order valence-corrected chi connectivity index (χ3v) is 3.38. The third-order valence-electron chi connectivity index (χ3n) is 2.43. The monoisotopic (exact) mass is 301 g/mol. The predicted molar refractivity (Wildman–Crippen MR) is 67.0 cm³/mol. The molecule has 0 aliphatic carbocycles. The zero-order valence-electron chi connectivity index (χ0n) is 8.75. The third kappa shape index (κ3) is 1.72. The van der Waals surface area contributed by atoms with Crippen molar-refractivity contribution >= 4 is 44.4 Å². The first-order valence-electron chi connectivity index (χ1n) is 4.57. The van der Waals surface area contributed by atoms with E-state index in [1.54, 1.807) is 12.1 Å². The Morgan fingerprint density at radius 3 is 2.81 bits per heavy atom. The molecule has 1 aromatic heterocycles. The number of nitrogens with zero attached hydrogens (tertiary/aromatic N) is 1. The van der Waals surface area contributed by atoms with Crippen LogP contribution in [0.15, 0.2) is 22.8 Å². The van der Waals surface area contributed by atoms with Crippen molar-refractivity contribution in [1.29, 1.82) is 0 Å². The second-order valence-corrected chi connectivity index (χ2v) is 4.69. The normalized spacial score (nSPS) is 10.8. The van der Waals surface area contributed by atoms with Crippen molar-refractivity contribution in [2.45, 2.75) is 0 Å². The highest BCUT2D eigenvalue weighted by molar-refractivity contribution is 9.10. The maximum atomic E-state index is 11.5. The van der Waals surface area contributed by atoms with Crippen molar-refractivity contribution < 1.29 is 9.53 Å². The zero-order valence-corrected chi connectivity index (χ0v) is 11.1. The van der Waals surface area contributed by atoms with Crippen LogP contribution in [0.4, 0.5) is 0 Å². The van der Waals surface area contributed by atoms with Crippen molar-refractivity contribution in [1.82, 2.24) is 4.57 Å². The molecule has 0 N–H and O–H groups in total. The SMILES string of the molecule is COC(=O)c1cc2c(Br)cn(C)c2cc1Cl. The fraction of sp³-hybridized carbons (Fsp3) is 0.182. The minimum Gasteiger partial charge on any atom is -0.465 e. The Balaban J connectivity index is 2.75. The molecule has 2 rings (SSSR count). The number of methoxy groups -OCH3 is 1. The Bertz CT molecular complexity index is 577. The number of hydrogen-bond donors (Lipinski definition) is 0. The summed E-state index contributed by atoms with van der Waals surface area (Å²) in [5.74, 6) is -0.428. The highest BCUT2D eigenvalue weighted by Gasteiger charge is 2.14. The minimum absolute atomic E-state index is 0.378. The second-order valence-electron chi connectivity index (χ2n) is 3.43. The largest absolute Gasteiger partial charge is 0.465 e. The molecule has 0 bridgehead atoms. The van der Waals surface area contributed by atoms with E-state index in [-0.39, 0.29) is 0 Å². The molecule has 0 atom stereocenters. The Hall–Kier alpha value is -1.00. The summed E-state index contributed by atoms with van der Waals surface area (Å²) in [5.41, 5.74) is 1.34. The molecule has 0 spiro atoms. The molecule has 0 radical (unpaired) electrons. The first-order valence-corrected chi connectivity index (χ1v) is 5.74. The molecule has 84 valence electrons. The van der Waals surface area contributed by atoms with Gasteiger partial charge in [0.1, 0.15) is 0 Å². The van der Waals surface area contributed by atoms with Crippen molar-refractivity contribution in [2.75, 3.05) is 7.11 Å². The molecule has 0 saturated heterocycles. The molecule has 0 fully saturated rings. The number of hydrogen-bond acceptors (Lipinski definition) is 2. The van der Waals surface area contributed by atoms with E-state index in [0.717, 1.165) is 15.4 Å². The van der Waals surface area contributed by atoms with Gasteiger partial charge in [-0.1, -0.05) is 11.6 Å². The van der Waals surface area contributed by atoms with Crippen LogP contribution in [0.3, 0.4) is 0 Å². The smallest absolute Gasteiger partial charge is 0.339 e. The number of aromatic nitrogens is 1. The molecule has 0 aliphatic rings. The van der Waals surface area contributed by atoms with Crippen LogP contribution < -0.4 is 0 Å². The average Bonchev–Trinajstić information content (AvgIpc) is 2.52. The molecule has 1 heterocycles. The van der Waals surface area contributed by atoms with Gasteiger partial charge < -0.3 is 9.30 Å². The van der Waals surface area contributed by atoms with E-state index in [0.29, 0.717) is 10.6 Å². The van der Waals surface area contributed by atoms with Gasteiger partial charge in [-0.2, -0.15) is 0 Å². The Morgan fingerprint density at radius 1 is 1.50 bits per heavy atom. The van der Waals surface area contributed by atoms with Crippen LogP contribution in [0.2, 0.25) is 5.02 Å². The number of benzene rings is 1. The van der Waals surface area contributed by atoms with E-state index >= 15 is 0 Å². The molecule has 0 unspecified atom stereocenters. The van der Waals surface area contributed by atoms with E-state index in [4.69, 9.17) is 11.6 Å². The molecule has 0 amide bonds. The van der Waals surface area contributed by atoms with Gasteiger partial charge in [0.15, 0.2) is 0 Å². The maximum Gasteiger partial charge on any atom is 0.339 e. The van der Waals surface area contributed by atoms with Gasteiger partial charge in [-0.3, -0.25) is 0 Å². The number of halogens is 2. The quantitative estimate of drug-likeness (QED) is 0.756. The number of carbonyl (C=O) groups excluding carboxylic acids is 1. The van der Waals surface area contributed by atoms with Crippen LogP contribution in [0, 0.1) is 0 Å². The van der Waals surface area contributed by atoms with Crippen LogP contribution in [0.25, 0.3) is 10.9 Å².